The Morgan fingerprint density at radius 3 is 1.62 bits per heavy atom. The average Bonchev–Trinajstić information content (AvgIpc) is 3.96. The lowest BCUT2D eigenvalue weighted by Gasteiger charge is -2.31. The van der Waals surface area contributed by atoms with Gasteiger partial charge in [-0.15, -0.1) is 0 Å². The first kappa shape index (κ1) is 60.3. The number of sulfonamides is 2. The maximum atomic E-state index is 13.5. The zero-order chi connectivity index (χ0) is 57.1. The molecule has 26 heteroatoms. The van der Waals surface area contributed by atoms with E-state index in [9.17, 15) is 64.2 Å². The van der Waals surface area contributed by atoms with Crippen LogP contribution in [0.4, 0.5) is 9.59 Å². The van der Waals surface area contributed by atoms with Crippen molar-refractivity contribution in [1.29, 1.82) is 0 Å². The average molecular weight is 1140 g/mol. The lowest BCUT2D eigenvalue weighted by molar-refractivity contribution is -0.146. The van der Waals surface area contributed by atoms with Gasteiger partial charge < -0.3 is 45.0 Å². The highest BCUT2D eigenvalue weighted by Gasteiger charge is 2.43. The summed E-state index contributed by atoms with van der Waals surface area (Å²) in [5.41, 5.74) is 2.69. The molecule has 0 aliphatic carbocycles. The largest absolute Gasteiger partial charge is 0.480 e. The van der Waals surface area contributed by atoms with Crippen molar-refractivity contribution >= 4 is 65.8 Å². The van der Waals surface area contributed by atoms with Gasteiger partial charge in [-0.05, 0) is 107 Å². The second-order valence-corrected chi connectivity index (χ2v) is 25.2. The van der Waals surface area contributed by atoms with E-state index in [1.165, 1.54) is 67.4 Å². The number of carboxylic acids is 2. The first-order valence-electron chi connectivity index (χ1n) is 25.0. The van der Waals surface area contributed by atoms with E-state index in [1.807, 2.05) is 14.0 Å². The van der Waals surface area contributed by atoms with Crippen LogP contribution in [-0.2, 0) is 61.9 Å². The molecule has 3 aliphatic rings. The van der Waals surface area contributed by atoms with Crippen LogP contribution in [0.2, 0.25) is 0 Å². The van der Waals surface area contributed by atoms with Gasteiger partial charge in [0.1, 0.15) is 29.6 Å². The molecule has 23 nitrogen and oxygen atoms in total. The first-order chi connectivity index (χ1) is 36.8. The maximum absolute atomic E-state index is 13.5. The predicted octanol–water partition coefficient (Wildman–Crippen LogP) is 2.75. The van der Waals surface area contributed by atoms with Crippen molar-refractivity contribution in [1.82, 2.24) is 33.9 Å². The molecule has 0 saturated carbocycles. The summed E-state index contributed by atoms with van der Waals surface area (Å²) in [7, 11) is -8.12. The molecule has 0 unspecified atom stereocenters. The minimum Gasteiger partial charge on any atom is -0.480 e. The summed E-state index contributed by atoms with van der Waals surface area (Å²) in [6, 6.07) is 19.3. The lowest BCUT2D eigenvalue weighted by Crippen LogP contribution is -2.54. The number of amides is 4. The number of nitrogens with zero attached hydrogens (tertiary/aromatic N) is 5. The highest BCUT2D eigenvalue weighted by Crippen LogP contribution is 2.28. The quantitative estimate of drug-likeness (QED) is 0.118. The van der Waals surface area contributed by atoms with Gasteiger partial charge in [0.25, 0.3) is 15.9 Å². The Labute approximate surface area is 454 Å². The summed E-state index contributed by atoms with van der Waals surface area (Å²) in [5, 5.41) is 25.0. The number of carbonyl (C=O) groups is 6. The molecule has 0 spiro atoms. The van der Waals surface area contributed by atoms with Crippen molar-refractivity contribution in [2.24, 2.45) is 0 Å². The van der Waals surface area contributed by atoms with E-state index in [2.05, 4.69) is 15.5 Å². The van der Waals surface area contributed by atoms with Crippen LogP contribution in [0.15, 0.2) is 107 Å². The van der Waals surface area contributed by atoms with Gasteiger partial charge in [-0.3, -0.25) is 9.59 Å². The molecule has 4 aromatic carbocycles. The minimum absolute atomic E-state index is 0.0456. The number of hydrogen-bond acceptors (Lipinski definition) is 16. The number of likely N-dealkylation sites (N-methyl/N-ethyl adjacent to an activating group) is 2. The topological polar surface area (TPSA) is 304 Å². The molecule has 3 fully saturated rings. The molecule has 4 N–H and O–H groups in total. The van der Waals surface area contributed by atoms with Crippen molar-refractivity contribution < 1.29 is 73.7 Å². The Morgan fingerprint density at radius 2 is 1.14 bits per heavy atom. The van der Waals surface area contributed by atoms with Crippen molar-refractivity contribution in [2.45, 2.75) is 80.4 Å². The molecule has 0 bridgehead atoms. The standard InChI is InChI=1S/C26H34N4O7S.C26H31N3O9S2/c1-18-5-11-22(12-6-18)38(35,36)30(24(31)19(2)27-3)23(25(32)33)17-20-7-9-21(10-8-20)37-26(34)29-15-13-28(4)14-16-29;1-18-4-10-21(11-5-18)40(36,37)29-12-2-3-23(29)24(30)27-22(25(31)32)17-19-6-8-20(9-7-19)38-26(33)28-13-15-39(34,35)16-14-28/h5-12,19,23,27H,13-17H2,1-4H3,(H,32,33);4-11,22-23H,2-3,12-17H2,1H3,(H,27,30)(H,31,32)/t19-,23-;22-,23-/m00/s1. The van der Waals surface area contributed by atoms with Crippen LogP contribution in [0.25, 0.3) is 0 Å². The number of aliphatic carboxylic acids is 2. The fourth-order valence-electron chi connectivity index (χ4n) is 8.51. The maximum Gasteiger partial charge on any atom is 0.415 e. The van der Waals surface area contributed by atoms with E-state index in [0.29, 0.717) is 34.9 Å². The van der Waals surface area contributed by atoms with Crippen molar-refractivity contribution in [3.63, 3.8) is 0 Å². The van der Waals surface area contributed by atoms with Crippen molar-refractivity contribution in [3.05, 3.63) is 119 Å². The smallest absolute Gasteiger partial charge is 0.415 e. The van der Waals surface area contributed by atoms with E-state index in [0.717, 1.165) is 28.5 Å². The van der Waals surface area contributed by atoms with Gasteiger partial charge in [0.2, 0.25) is 15.9 Å². The highest BCUT2D eigenvalue weighted by atomic mass is 32.2. The molecule has 0 radical (unpaired) electrons. The number of piperazine rings is 1. The number of benzene rings is 4. The summed E-state index contributed by atoms with van der Waals surface area (Å²) in [5.74, 6) is -4.11. The molecule has 3 heterocycles. The van der Waals surface area contributed by atoms with Crippen LogP contribution < -0.4 is 20.1 Å². The number of hydrogen-bond donors (Lipinski definition) is 4. The molecule has 3 saturated heterocycles. The highest BCUT2D eigenvalue weighted by molar-refractivity contribution is 7.91. The van der Waals surface area contributed by atoms with Gasteiger partial charge in [0.05, 0.1) is 27.3 Å². The van der Waals surface area contributed by atoms with Crippen LogP contribution in [-0.4, -0.2) is 190 Å². The van der Waals surface area contributed by atoms with Crippen LogP contribution >= 0.6 is 0 Å². The van der Waals surface area contributed by atoms with Gasteiger partial charge in [0.15, 0.2) is 9.84 Å². The summed E-state index contributed by atoms with van der Waals surface area (Å²) >= 11 is 0. The molecule has 4 amide bonds. The van der Waals surface area contributed by atoms with Gasteiger partial charge >= 0.3 is 24.1 Å². The van der Waals surface area contributed by atoms with E-state index < -0.39 is 90.0 Å². The molecule has 0 aromatic heterocycles. The van der Waals surface area contributed by atoms with Gasteiger partial charge in [-0.25, -0.2) is 48.7 Å². The third kappa shape index (κ3) is 15.6. The fourth-order valence-corrected chi connectivity index (χ4v) is 13.0. The zero-order valence-corrected chi connectivity index (χ0v) is 46.3. The number of ether oxygens (including phenoxy) is 2. The normalized spacial score (nSPS) is 18.0. The Morgan fingerprint density at radius 1 is 0.667 bits per heavy atom. The van der Waals surface area contributed by atoms with Crippen molar-refractivity contribution in [3.8, 4) is 11.5 Å². The molecule has 4 atom stereocenters. The zero-order valence-electron chi connectivity index (χ0n) is 43.8. The number of nitrogens with one attached hydrogen (secondary N) is 2. The SMILES string of the molecule is CN[C@@H](C)C(=O)N([C@@H](Cc1ccc(OC(=O)N2CCN(C)CC2)cc1)C(=O)O)S(=O)(=O)c1ccc(C)cc1.Cc1ccc(S(=O)(=O)N2CCC[C@H]2C(=O)N[C@@H](Cc2ccc(OC(=O)N3CCS(=O)(=O)CC3)cc2)C(=O)O)cc1. The second-order valence-electron chi connectivity index (χ2n) is 19.2. The van der Waals surface area contributed by atoms with Gasteiger partial charge in [-0.2, -0.15) is 4.31 Å². The lowest BCUT2D eigenvalue weighted by atomic mass is 10.1. The monoisotopic (exact) mass is 1140 g/mol. The molecule has 7 rings (SSSR count). The van der Waals surface area contributed by atoms with Gasteiger partial charge in [-0.1, -0.05) is 59.7 Å². The molecule has 78 heavy (non-hydrogen) atoms. The second kappa shape index (κ2) is 26.1. The number of carbonyl (C=O) groups excluding carboxylic acids is 4. The minimum atomic E-state index is -4.49. The summed E-state index contributed by atoms with van der Waals surface area (Å²) < 4.78 is 88.8. The van der Waals surface area contributed by atoms with Crippen LogP contribution in [0.3, 0.4) is 0 Å². The van der Waals surface area contributed by atoms with Crippen LogP contribution in [0.1, 0.15) is 42.0 Å². The summed E-state index contributed by atoms with van der Waals surface area (Å²) in [6.45, 7) is 7.93. The van der Waals surface area contributed by atoms with E-state index >= 15 is 0 Å². The molecule has 3 aliphatic heterocycles. The van der Waals surface area contributed by atoms with Crippen molar-refractivity contribution in [2.75, 3.05) is 71.4 Å². The number of aryl methyl sites for hydroxylation is 2. The fraction of sp³-hybridized carbons (Fsp3) is 0.423. The van der Waals surface area contributed by atoms with E-state index in [1.54, 1.807) is 60.4 Å². The number of sulfone groups is 1. The summed E-state index contributed by atoms with van der Waals surface area (Å²) in [4.78, 5) is 80.2. The van der Waals surface area contributed by atoms with Crippen LogP contribution in [0, 0.1) is 13.8 Å². The van der Waals surface area contributed by atoms with E-state index in [4.69, 9.17) is 9.47 Å². The third-order valence-electron chi connectivity index (χ3n) is 13.4. The first-order valence-corrected chi connectivity index (χ1v) is 29.7. The van der Waals surface area contributed by atoms with E-state index in [-0.39, 0.29) is 71.7 Å². The number of rotatable bonds is 17. The number of carboxylic acid groups (broad SMARTS) is 2. The summed E-state index contributed by atoms with van der Waals surface area (Å²) in [6.07, 6.45) is -0.789. The Hall–Kier alpha value is -6.97. The Balaban J connectivity index is 0.000000253. The molecule has 4 aromatic rings. The third-order valence-corrected chi connectivity index (χ3v) is 18.8. The van der Waals surface area contributed by atoms with Crippen LogP contribution in [0.5, 0.6) is 11.5 Å². The predicted molar refractivity (Wildman–Crippen MR) is 284 cm³/mol. The molecular weight excluding hydrogens is 1070 g/mol. The molecular formula is C52H65N7O16S3. The molecule has 422 valence electrons. The Bertz CT molecular complexity index is 3120. The Kier molecular flexibility index (Phi) is 20.2. The van der Waals surface area contributed by atoms with Gasteiger partial charge in [0, 0.05) is 58.7 Å².